The van der Waals surface area contributed by atoms with Crippen molar-refractivity contribution >= 4 is 18.2 Å². The molecule has 3 nitrogen and oxygen atoms in total. The maximum Gasteiger partial charge on any atom is 0.296 e. The van der Waals surface area contributed by atoms with Gasteiger partial charge in [-0.2, -0.15) is 8.42 Å². The third-order valence-electron chi connectivity index (χ3n) is 2.34. The Labute approximate surface area is 105 Å². The Morgan fingerprint density at radius 3 is 2.24 bits per heavy atom. The molecule has 1 aromatic carbocycles. The molecule has 96 valence electrons. The molecule has 1 rings (SSSR count). The van der Waals surface area contributed by atoms with Crippen molar-refractivity contribution in [2.24, 2.45) is 0 Å². The second-order valence-electron chi connectivity index (χ2n) is 5.25. The Hall–Kier alpha value is -0.653. The zero-order valence-electron chi connectivity index (χ0n) is 10.6. The van der Waals surface area contributed by atoms with Crippen molar-refractivity contribution in [2.45, 2.75) is 37.0 Å². The molecule has 0 amide bonds. The molecule has 1 aromatic rings. The largest absolute Gasteiger partial charge is 0.296 e. The normalized spacial score (nSPS) is 12.6. The van der Waals surface area contributed by atoms with E-state index in [2.05, 4.69) is 19.6 Å². The van der Waals surface area contributed by atoms with Gasteiger partial charge in [0, 0.05) is 8.07 Å². The average molecular weight is 272 g/mol. The second kappa shape index (κ2) is 5.80. The Morgan fingerprint density at radius 2 is 1.71 bits per heavy atom. The van der Waals surface area contributed by atoms with E-state index in [0.29, 0.717) is 0 Å². The smallest absolute Gasteiger partial charge is 0.266 e. The van der Waals surface area contributed by atoms with E-state index in [0.717, 1.165) is 12.5 Å². The summed E-state index contributed by atoms with van der Waals surface area (Å²) in [7, 11) is -4.67. The summed E-state index contributed by atoms with van der Waals surface area (Å²) in [5, 5.41) is 0. The Kier molecular flexibility index (Phi) is 4.91. The van der Waals surface area contributed by atoms with E-state index in [4.69, 9.17) is 4.18 Å². The van der Waals surface area contributed by atoms with Crippen LogP contribution < -0.4 is 0 Å². The first-order valence-electron chi connectivity index (χ1n) is 5.76. The molecule has 0 aliphatic rings. The number of rotatable bonds is 6. The molecule has 0 aliphatic carbocycles. The van der Waals surface area contributed by atoms with Gasteiger partial charge in [0.1, 0.15) is 0 Å². The van der Waals surface area contributed by atoms with Gasteiger partial charge in [0.25, 0.3) is 10.1 Å². The van der Waals surface area contributed by atoms with Crippen molar-refractivity contribution in [1.29, 1.82) is 0 Å². The average Bonchev–Trinajstić information content (AvgIpc) is 2.25. The predicted octanol–water partition coefficient (Wildman–Crippen LogP) is 3.12. The maximum atomic E-state index is 11.7. The molecular formula is C12H20O3SSi. The minimum atomic E-state index is -3.56. The molecule has 0 heterocycles. The summed E-state index contributed by atoms with van der Waals surface area (Å²) in [6.07, 6.45) is 0.807. The van der Waals surface area contributed by atoms with E-state index in [1.54, 1.807) is 30.3 Å². The van der Waals surface area contributed by atoms with Crippen molar-refractivity contribution in [3.8, 4) is 0 Å². The van der Waals surface area contributed by atoms with E-state index in [1.165, 1.54) is 0 Å². The van der Waals surface area contributed by atoms with Crippen molar-refractivity contribution in [2.75, 3.05) is 6.61 Å². The number of hydrogen-bond acceptors (Lipinski definition) is 3. The minimum Gasteiger partial charge on any atom is -0.266 e. The zero-order chi connectivity index (χ0) is 12.9. The molecule has 0 spiro atoms. The van der Waals surface area contributed by atoms with Gasteiger partial charge >= 0.3 is 0 Å². The highest BCUT2D eigenvalue weighted by Crippen LogP contribution is 2.14. The quantitative estimate of drug-likeness (QED) is 0.454. The van der Waals surface area contributed by atoms with Crippen LogP contribution in [0, 0.1) is 0 Å². The van der Waals surface area contributed by atoms with Crippen LogP contribution in [0.4, 0.5) is 0 Å². The van der Waals surface area contributed by atoms with Crippen molar-refractivity contribution < 1.29 is 12.6 Å². The van der Waals surface area contributed by atoms with E-state index in [-0.39, 0.29) is 11.5 Å². The van der Waals surface area contributed by atoms with Crippen molar-refractivity contribution in [3.05, 3.63) is 30.3 Å². The molecule has 0 N–H and O–H groups in total. The molecule has 0 saturated carbocycles. The first-order valence-corrected chi connectivity index (χ1v) is 10.9. The summed E-state index contributed by atoms with van der Waals surface area (Å²) < 4.78 is 28.5. The van der Waals surface area contributed by atoms with Crippen LogP contribution in [0.3, 0.4) is 0 Å². The highest BCUT2D eigenvalue weighted by molar-refractivity contribution is 7.86. The maximum absolute atomic E-state index is 11.7. The lowest BCUT2D eigenvalue weighted by atomic mass is 10.4. The van der Waals surface area contributed by atoms with E-state index >= 15 is 0 Å². The molecule has 0 atom stereocenters. The molecule has 0 fully saturated rings. The van der Waals surface area contributed by atoms with Crippen molar-refractivity contribution in [1.82, 2.24) is 0 Å². The molecule has 5 heteroatoms. The third kappa shape index (κ3) is 5.47. The van der Waals surface area contributed by atoms with Gasteiger partial charge in [-0.25, -0.2) is 0 Å². The summed E-state index contributed by atoms with van der Waals surface area (Å²) in [6.45, 7) is 7.07. The van der Waals surface area contributed by atoms with E-state index in [9.17, 15) is 8.42 Å². The summed E-state index contributed by atoms with van der Waals surface area (Å²) in [5.41, 5.74) is 0. The molecule has 0 aliphatic heterocycles. The molecule has 17 heavy (non-hydrogen) atoms. The van der Waals surface area contributed by atoms with Crippen LogP contribution in [0.2, 0.25) is 25.7 Å². The van der Waals surface area contributed by atoms with Gasteiger partial charge in [0.05, 0.1) is 11.5 Å². The van der Waals surface area contributed by atoms with Gasteiger partial charge in [-0.1, -0.05) is 43.9 Å². The first kappa shape index (κ1) is 14.4. The second-order valence-corrected chi connectivity index (χ2v) is 12.5. The van der Waals surface area contributed by atoms with Gasteiger partial charge < -0.3 is 0 Å². The summed E-state index contributed by atoms with van der Waals surface area (Å²) >= 11 is 0. The molecule has 0 bridgehead atoms. The fourth-order valence-corrected chi connectivity index (χ4v) is 3.60. The van der Waals surface area contributed by atoms with Crippen LogP contribution in [0.15, 0.2) is 35.2 Å². The minimum absolute atomic E-state index is 0.230. The van der Waals surface area contributed by atoms with Gasteiger partial charge in [-0.05, 0) is 18.6 Å². The summed E-state index contributed by atoms with van der Waals surface area (Å²) in [6, 6.07) is 9.35. The van der Waals surface area contributed by atoms with Crippen LogP contribution in [-0.2, 0) is 14.3 Å². The predicted molar refractivity (Wildman–Crippen MR) is 72.3 cm³/mol. The third-order valence-corrected chi connectivity index (χ3v) is 5.52. The van der Waals surface area contributed by atoms with Gasteiger partial charge in [-0.3, -0.25) is 4.18 Å². The first-order chi connectivity index (χ1) is 7.81. The van der Waals surface area contributed by atoms with Crippen LogP contribution in [0.1, 0.15) is 6.42 Å². The number of benzene rings is 1. The zero-order valence-corrected chi connectivity index (χ0v) is 12.5. The fourth-order valence-electron chi connectivity index (χ4n) is 1.43. The summed E-state index contributed by atoms with van der Waals surface area (Å²) in [5.74, 6) is 0. The van der Waals surface area contributed by atoms with Crippen LogP contribution in [-0.4, -0.2) is 23.1 Å². The van der Waals surface area contributed by atoms with Gasteiger partial charge in [0.15, 0.2) is 0 Å². The molecule has 0 saturated heterocycles. The highest BCUT2D eigenvalue weighted by Gasteiger charge is 2.16. The molecule has 0 radical (unpaired) electrons. The van der Waals surface area contributed by atoms with Gasteiger partial charge in [-0.15, -0.1) is 0 Å². The van der Waals surface area contributed by atoms with Crippen LogP contribution >= 0.6 is 0 Å². The number of hydrogen-bond donors (Lipinski definition) is 0. The fraction of sp³-hybridized carbons (Fsp3) is 0.500. The lowest BCUT2D eigenvalue weighted by molar-refractivity contribution is 0.317. The van der Waals surface area contributed by atoms with E-state index in [1.807, 2.05) is 0 Å². The van der Waals surface area contributed by atoms with E-state index < -0.39 is 18.2 Å². The van der Waals surface area contributed by atoms with Crippen molar-refractivity contribution in [3.63, 3.8) is 0 Å². The summed E-state index contributed by atoms with van der Waals surface area (Å²) in [4.78, 5) is 0.230. The topological polar surface area (TPSA) is 43.4 Å². The lowest BCUT2D eigenvalue weighted by Crippen LogP contribution is -2.20. The lowest BCUT2D eigenvalue weighted by Gasteiger charge is -2.15. The Morgan fingerprint density at radius 1 is 1.12 bits per heavy atom. The van der Waals surface area contributed by atoms with Crippen LogP contribution in [0.25, 0.3) is 0 Å². The monoisotopic (exact) mass is 272 g/mol. The standard InChI is InChI=1S/C12H20O3SSi/c1-17(2,3)11-7-10-15-16(13,14)12-8-5-4-6-9-12/h4-6,8-9H,7,10-11H2,1-3H3. The Bertz CT molecular complexity index is 435. The van der Waals surface area contributed by atoms with Crippen LogP contribution in [0.5, 0.6) is 0 Å². The molecule has 0 aromatic heterocycles. The molecular weight excluding hydrogens is 252 g/mol. The Balaban J connectivity index is 2.47. The highest BCUT2D eigenvalue weighted by atomic mass is 32.2. The SMILES string of the molecule is C[Si](C)(C)CCCOS(=O)(=O)c1ccccc1. The van der Waals surface area contributed by atoms with Gasteiger partial charge in [0.2, 0.25) is 0 Å². The molecule has 0 unspecified atom stereocenters.